The number of aliphatic hydroxyl groups excluding tert-OH is 1. The van der Waals surface area contributed by atoms with Gasteiger partial charge in [0.1, 0.15) is 12.0 Å². The largest absolute Gasteiger partial charge is 0.405 e. The highest BCUT2D eigenvalue weighted by atomic mass is 16.3. The number of nitrogens with one attached hydrogen (secondary N) is 1. The van der Waals surface area contributed by atoms with E-state index in [1.165, 1.54) is 12.5 Å². The van der Waals surface area contributed by atoms with Crippen LogP contribution in [0.2, 0.25) is 0 Å². The van der Waals surface area contributed by atoms with Crippen LogP contribution in [0.25, 0.3) is 22.3 Å². The molecule has 1 fully saturated rings. The lowest BCUT2D eigenvalue weighted by atomic mass is 9.90. The average Bonchev–Trinajstić information content (AvgIpc) is 3.40. The second-order valence-corrected chi connectivity index (χ2v) is 6.79. The van der Waals surface area contributed by atoms with Crippen LogP contribution < -0.4 is 5.73 Å². The lowest BCUT2D eigenvalue weighted by Crippen LogP contribution is -2.37. The third-order valence-electron chi connectivity index (χ3n) is 4.95. The Morgan fingerprint density at radius 2 is 2.32 bits per heavy atom. The maximum absolute atomic E-state index is 10.9. The summed E-state index contributed by atoms with van der Waals surface area (Å²) in [5.41, 5.74) is 5.75. The zero-order chi connectivity index (χ0) is 20.1. The van der Waals surface area contributed by atoms with E-state index < -0.39 is 17.7 Å². The van der Waals surface area contributed by atoms with E-state index in [1.54, 1.807) is 23.3 Å². The number of hydrogen-bond acceptors (Lipinski definition) is 7. The summed E-state index contributed by atoms with van der Waals surface area (Å²) in [6.07, 6.45) is 8.81. The van der Waals surface area contributed by atoms with Crippen molar-refractivity contribution >= 4 is 11.0 Å². The van der Waals surface area contributed by atoms with Gasteiger partial charge in [0, 0.05) is 29.8 Å². The molecule has 1 aliphatic rings. The highest BCUT2D eigenvalue weighted by Crippen LogP contribution is 2.40. The first-order valence-electron chi connectivity index (χ1n) is 8.95. The van der Waals surface area contributed by atoms with Gasteiger partial charge in [0.15, 0.2) is 0 Å². The van der Waals surface area contributed by atoms with E-state index in [0.717, 1.165) is 22.3 Å². The second-order valence-electron chi connectivity index (χ2n) is 6.79. The zero-order valence-corrected chi connectivity index (χ0v) is 15.4. The van der Waals surface area contributed by atoms with Gasteiger partial charge >= 0.3 is 0 Å². The number of hydrogen-bond donors (Lipinski definition) is 4. The van der Waals surface area contributed by atoms with Gasteiger partial charge in [0.2, 0.25) is 0 Å². The van der Waals surface area contributed by atoms with Crippen LogP contribution in [0.3, 0.4) is 0 Å². The summed E-state index contributed by atoms with van der Waals surface area (Å²) in [6, 6.07) is 3.52. The van der Waals surface area contributed by atoms with Crippen molar-refractivity contribution in [2.45, 2.75) is 43.4 Å². The fourth-order valence-electron chi connectivity index (χ4n) is 3.68. The van der Waals surface area contributed by atoms with Gasteiger partial charge in [-0.05, 0) is 25.1 Å². The third-order valence-corrected chi connectivity index (χ3v) is 4.95. The SMILES string of the molecule is C=CN.N#CCC(n1cc(-c2ncnc3[nH]ccc23)cn1)C1(O)CCC(O)C1. The Morgan fingerprint density at radius 3 is 3.00 bits per heavy atom. The summed E-state index contributed by atoms with van der Waals surface area (Å²) >= 11 is 0. The summed E-state index contributed by atoms with van der Waals surface area (Å²) in [4.78, 5) is 11.6. The van der Waals surface area contributed by atoms with Crippen molar-refractivity contribution in [1.29, 1.82) is 5.26 Å². The molecule has 3 unspecified atom stereocenters. The van der Waals surface area contributed by atoms with Crippen LogP contribution in [0.15, 0.2) is 43.8 Å². The molecule has 0 radical (unpaired) electrons. The quantitative estimate of drug-likeness (QED) is 0.536. The maximum Gasteiger partial charge on any atom is 0.141 e. The average molecular weight is 381 g/mol. The van der Waals surface area contributed by atoms with Crippen LogP contribution in [-0.2, 0) is 0 Å². The van der Waals surface area contributed by atoms with Gasteiger partial charge < -0.3 is 20.9 Å². The van der Waals surface area contributed by atoms with Gasteiger partial charge in [-0.15, -0.1) is 0 Å². The van der Waals surface area contributed by atoms with Crippen molar-refractivity contribution in [1.82, 2.24) is 24.7 Å². The van der Waals surface area contributed by atoms with Crippen LogP contribution in [-0.4, -0.2) is 46.7 Å². The molecule has 9 nitrogen and oxygen atoms in total. The molecule has 3 aromatic heterocycles. The van der Waals surface area contributed by atoms with Crippen molar-refractivity contribution in [3.05, 3.63) is 43.8 Å². The highest BCUT2D eigenvalue weighted by Gasteiger charge is 2.44. The molecular formula is C19H23N7O2. The van der Waals surface area contributed by atoms with Gasteiger partial charge in [-0.3, -0.25) is 4.68 Å². The Morgan fingerprint density at radius 1 is 1.54 bits per heavy atom. The van der Waals surface area contributed by atoms with Crippen LogP contribution in [0, 0.1) is 11.3 Å². The number of aromatic nitrogens is 5. The number of nitriles is 1. The number of aliphatic hydroxyl groups is 2. The molecule has 0 saturated heterocycles. The minimum atomic E-state index is -1.13. The predicted molar refractivity (Wildman–Crippen MR) is 104 cm³/mol. The van der Waals surface area contributed by atoms with Gasteiger partial charge in [-0.25, -0.2) is 9.97 Å². The first-order valence-corrected chi connectivity index (χ1v) is 8.95. The van der Waals surface area contributed by atoms with E-state index >= 15 is 0 Å². The van der Waals surface area contributed by atoms with E-state index in [1.807, 2.05) is 6.07 Å². The lowest BCUT2D eigenvalue weighted by Gasteiger charge is -2.31. The van der Waals surface area contributed by atoms with Crippen LogP contribution in [0.1, 0.15) is 31.7 Å². The molecule has 3 aromatic rings. The molecule has 1 aliphatic carbocycles. The first-order chi connectivity index (χ1) is 13.5. The molecular weight excluding hydrogens is 358 g/mol. The monoisotopic (exact) mass is 381 g/mol. The highest BCUT2D eigenvalue weighted by molar-refractivity contribution is 5.89. The van der Waals surface area contributed by atoms with E-state index in [9.17, 15) is 15.5 Å². The minimum absolute atomic E-state index is 0.119. The summed E-state index contributed by atoms with van der Waals surface area (Å²) in [6.45, 7) is 3.14. The Balaban J connectivity index is 0.000000706. The lowest BCUT2D eigenvalue weighted by molar-refractivity contribution is -0.0191. The number of rotatable bonds is 4. The van der Waals surface area contributed by atoms with Gasteiger partial charge in [-0.1, -0.05) is 6.58 Å². The zero-order valence-electron chi connectivity index (χ0n) is 15.4. The van der Waals surface area contributed by atoms with E-state index in [2.05, 4.69) is 38.4 Å². The standard InChI is InChI=1S/C17H18N6O2.C2H5N/c18-5-2-14(17(25)4-1-12(24)7-17)23-9-11(8-22-23)15-13-3-6-19-16(13)21-10-20-15;1-2-3/h3,6,8-10,12,14,24-25H,1-2,4,7H2,(H,19,20,21);2H,1,3H2. The van der Waals surface area contributed by atoms with E-state index in [4.69, 9.17) is 0 Å². The number of H-pyrrole nitrogens is 1. The number of nitrogens with zero attached hydrogens (tertiary/aromatic N) is 5. The minimum Gasteiger partial charge on any atom is -0.405 e. The molecule has 1 saturated carbocycles. The molecule has 0 aromatic carbocycles. The van der Waals surface area contributed by atoms with Crippen molar-refractivity contribution in [2.24, 2.45) is 5.73 Å². The molecule has 3 atom stereocenters. The Labute approximate surface area is 162 Å². The normalized spacial score (nSPS) is 22.2. The fourth-order valence-corrected chi connectivity index (χ4v) is 3.68. The molecule has 28 heavy (non-hydrogen) atoms. The van der Waals surface area contributed by atoms with Crippen molar-refractivity contribution in [3.63, 3.8) is 0 Å². The van der Waals surface area contributed by atoms with Gasteiger partial charge in [0.25, 0.3) is 0 Å². The molecule has 0 aliphatic heterocycles. The summed E-state index contributed by atoms with van der Waals surface area (Å²) in [5, 5.41) is 35.2. The van der Waals surface area contributed by atoms with Crippen LogP contribution >= 0.6 is 0 Å². The maximum atomic E-state index is 10.9. The molecule has 4 rings (SSSR count). The van der Waals surface area contributed by atoms with E-state index in [-0.39, 0.29) is 12.8 Å². The predicted octanol–water partition coefficient (Wildman–Crippen LogP) is 1.64. The summed E-state index contributed by atoms with van der Waals surface area (Å²) in [7, 11) is 0. The van der Waals surface area contributed by atoms with Crippen LogP contribution in [0.5, 0.6) is 0 Å². The molecule has 5 N–H and O–H groups in total. The molecule has 3 heterocycles. The topological polar surface area (TPSA) is 150 Å². The third kappa shape index (κ3) is 3.74. The van der Waals surface area contributed by atoms with Crippen molar-refractivity contribution in [3.8, 4) is 17.3 Å². The van der Waals surface area contributed by atoms with Crippen molar-refractivity contribution < 1.29 is 10.2 Å². The number of nitrogens with two attached hydrogens (primary N) is 1. The second kappa shape index (κ2) is 8.21. The van der Waals surface area contributed by atoms with Gasteiger partial charge in [-0.2, -0.15) is 10.4 Å². The molecule has 9 heteroatoms. The van der Waals surface area contributed by atoms with Crippen molar-refractivity contribution in [2.75, 3.05) is 0 Å². The van der Waals surface area contributed by atoms with E-state index in [0.29, 0.717) is 12.8 Å². The molecule has 0 amide bonds. The molecule has 146 valence electrons. The molecule has 0 bridgehead atoms. The smallest absolute Gasteiger partial charge is 0.141 e. The Bertz CT molecular complexity index is 989. The van der Waals surface area contributed by atoms with Crippen LogP contribution in [0.4, 0.5) is 0 Å². The fraction of sp³-hybridized carbons (Fsp3) is 0.368. The molecule has 0 spiro atoms. The Hall–Kier alpha value is -3.22. The summed E-state index contributed by atoms with van der Waals surface area (Å²) in [5.74, 6) is 0. The Kier molecular flexibility index (Phi) is 5.73. The first kappa shape index (κ1) is 19.5. The number of fused-ring (bicyclic) bond motifs is 1. The number of aromatic amines is 1. The summed E-state index contributed by atoms with van der Waals surface area (Å²) < 4.78 is 1.62. The van der Waals surface area contributed by atoms with Gasteiger partial charge in [0.05, 0.1) is 42.1 Å².